The van der Waals surface area contributed by atoms with Crippen molar-refractivity contribution in [3.05, 3.63) is 53.8 Å². The van der Waals surface area contributed by atoms with E-state index < -0.39 is 17.8 Å². The largest absolute Gasteiger partial charge is 0.324 e. The van der Waals surface area contributed by atoms with E-state index in [1.165, 1.54) is 12.1 Å². The van der Waals surface area contributed by atoms with Gasteiger partial charge in [0.2, 0.25) is 11.9 Å². The Hall–Kier alpha value is -3.22. The maximum absolute atomic E-state index is 14.1. The molecular weight excluding hydrogens is 359 g/mol. The van der Waals surface area contributed by atoms with Crippen LogP contribution in [0.25, 0.3) is 11.0 Å². The first-order valence-electron chi connectivity index (χ1n) is 9.39. The average molecular weight is 378 g/mol. The first kappa shape index (κ1) is 16.9. The molecule has 3 aromatic rings. The number of aryl methyl sites for hydroxylation is 1. The summed E-state index contributed by atoms with van der Waals surface area (Å²) in [5.74, 6) is -0.398. The Balaban J connectivity index is 1.46. The number of rotatable bonds is 4. The Kier molecular flexibility index (Phi) is 3.72. The first-order chi connectivity index (χ1) is 13.5. The lowest BCUT2D eigenvalue weighted by Crippen LogP contribution is -2.33. The summed E-state index contributed by atoms with van der Waals surface area (Å²) in [5.41, 5.74) is 2.52. The van der Waals surface area contributed by atoms with Crippen LogP contribution in [0.2, 0.25) is 0 Å². The van der Waals surface area contributed by atoms with E-state index in [9.17, 15) is 14.0 Å². The van der Waals surface area contributed by atoms with Crippen molar-refractivity contribution in [2.75, 3.05) is 10.2 Å². The van der Waals surface area contributed by atoms with Crippen LogP contribution in [0.1, 0.15) is 30.9 Å². The zero-order chi connectivity index (χ0) is 19.4. The summed E-state index contributed by atoms with van der Waals surface area (Å²) in [6.07, 6.45) is 1.83. The number of para-hydroxylation sites is 2. The van der Waals surface area contributed by atoms with Crippen molar-refractivity contribution in [1.29, 1.82) is 0 Å². The number of aromatic nitrogens is 2. The monoisotopic (exact) mass is 378 g/mol. The molecule has 1 unspecified atom stereocenters. The molecule has 28 heavy (non-hydrogen) atoms. The third kappa shape index (κ3) is 2.66. The Morgan fingerprint density at radius 3 is 2.79 bits per heavy atom. The highest BCUT2D eigenvalue weighted by molar-refractivity contribution is 6.05. The van der Waals surface area contributed by atoms with Crippen LogP contribution in [-0.4, -0.2) is 27.4 Å². The van der Waals surface area contributed by atoms with E-state index in [0.717, 1.165) is 29.4 Å². The van der Waals surface area contributed by atoms with Crippen LogP contribution in [0, 0.1) is 12.7 Å². The number of nitrogens with zero attached hydrogens (tertiary/aromatic N) is 3. The van der Waals surface area contributed by atoms with Crippen molar-refractivity contribution in [3.63, 3.8) is 0 Å². The summed E-state index contributed by atoms with van der Waals surface area (Å²) in [6.45, 7) is 1.78. The van der Waals surface area contributed by atoms with Gasteiger partial charge in [-0.05, 0) is 49.6 Å². The minimum absolute atomic E-state index is 0.0667. The van der Waals surface area contributed by atoms with E-state index in [0.29, 0.717) is 5.95 Å². The Bertz CT molecular complexity index is 1120. The zero-order valence-electron chi connectivity index (χ0n) is 15.4. The van der Waals surface area contributed by atoms with E-state index in [4.69, 9.17) is 0 Å². The number of hydrogen-bond donors (Lipinski definition) is 1. The zero-order valence-corrected chi connectivity index (χ0v) is 15.4. The van der Waals surface area contributed by atoms with Crippen molar-refractivity contribution in [2.24, 2.45) is 0 Å². The molecule has 2 heterocycles. The van der Waals surface area contributed by atoms with E-state index in [1.54, 1.807) is 17.9 Å². The third-order valence-electron chi connectivity index (χ3n) is 5.32. The number of anilines is 2. The summed E-state index contributed by atoms with van der Waals surface area (Å²) >= 11 is 0. The molecular formula is C21H19FN4O2. The second-order valence-electron chi connectivity index (χ2n) is 7.46. The van der Waals surface area contributed by atoms with Gasteiger partial charge >= 0.3 is 0 Å². The number of carbonyl (C=O) groups excluding carboxylic acids is 2. The highest BCUT2D eigenvalue weighted by Crippen LogP contribution is 2.42. The third-order valence-corrected chi connectivity index (χ3v) is 5.32. The number of imidazole rings is 1. The molecule has 0 spiro atoms. The molecule has 2 amide bonds. The second-order valence-corrected chi connectivity index (χ2v) is 7.46. The lowest BCUT2D eigenvalue weighted by Gasteiger charge is -2.15. The first-order valence-corrected chi connectivity index (χ1v) is 9.39. The number of nitrogens with one attached hydrogen (secondary N) is 1. The van der Waals surface area contributed by atoms with Gasteiger partial charge in [-0.25, -0.2) is 9.37 Å². The maximum atomic E-state index is 14.1. The van der Waals surface area contributed by atoms with Gasteiger partial charge in [-0.3, -0.25) is 19.1 Å². The molecule has 0 radical (unpaired) electrons. The summed E-state index contributed by atoms with van der Waals surface area (Å²) in [6, 6.07) is 11.7. The predicted octanol–water partition coefficient (Wildman–Crippen LogP) is 3.56. The Labute approximate surface area is 161 Å². The van der Waals surface area contributed by atoms with E-state index in [-0.39, 0.29) is 24.1 Å². The molecule has 142 valence electrons. The van der Waals surface area contributed by atoms with Gasteiger partial charge < -0.3 is 5.32 Å². The van der Waals surface area contributed by atoms with Crippen molar-refractivity contribution in [3.8, 4) is 0 Å². The molecule has 1 saturated carbocycles. The molecule has 5 rings (SSSR count). The van der Waals surface area contributed by atoms with Crippen LogP contribution in [0.15, 0.2) is 42.5 Å². The lowest BCUT2D eigenvalue weighted by atomic mass is 10.1. The number of hydrogen-bond acceptors (Lipinski definition) is 3. The van der Waals surface area contributed by atoms with Crippen molar-refractivity contribution >= 4 is 34.5 Å². The van der Waals surface area contributed by atoms with Crippen LogP contribution < -0.4 is 10.2 Å². The molecule has 1 fully saturated rings. The smallest absolute Gasteiger partial charge is 0.253 e. The summed E-state index contributed by atoms with van der Waals surface area (Å²) in [4.78, 5) is 32.0. The Morgan fingerprint density at radius 1 is 1.25 bits per heavy atom. The quantitative estimate of drug-likeness (QED) is 0.755. The SMILES string of the molecule is Cc1ccc(NC(=O)CC2C(=O)N(C3CC3)c3nc4ccccc4n32)c(F)c1. The molecule has 1 aliphatic carbocycles. The van der Waals surface area contributed by atoms with Crippen LogP contribution in [-0.2, 0) is 9.59 Å². The number of fused-ring (bicyclic) bond motifs is 3. The van der Waals surface area contributed by atoms with Crippen LogP contribution in [0.5, 0.6) is 0 Å². The van der Waals surface area contributed by atoms with Gasteiger partial charge in [0, 0.05) is 6.04 Å². The number of benzene rings is 2. The fourth-order valence-corrected chi connectivity index (χ4v) is 3.83. The van der Waals surface area contributed by atoms with Gasteiger partial charge in [-0.1, -0.05) is 18.2 Å². The standard InChI is InChI=1S/C21H19FN4O2/c1-12-6-9-15(14(22)10-12)23-19(27)11-18-20(28)25(13-7-8-13)21-24-16-4-2-3-5-17(16)26(18)21/h2-6,9-10,13,18H,7-8,11H2,1H3,(H,23,27). The van der Waals surface area contributed by atoms with Crippen LogP contribution in [0.3, 0.4) is 0 Å². The van der Waals surface area contributed by atoms with E-state index in [2.05, 4.69) is 10.3 Å². The van der Waals surface area contributed by atoms with E-state index in [1.807, 2.05) is 28.8 Å². The summed E-state index contributed by atoms with van der Waals surface area (Å²) in [7, 11) is 0. The normalized spacial score (nSPS) is 18.6. The molecule has 0 saturated heterocycles. The van der Waals surface area contributed by atoms with Crippen LogP contribution >= 0.6 is 0 Å². The lowest BCUT2D eigenvalue weighted by molar-refractivity contribution is -0.124. The average Bonchev–Trinajstić information content (AvgIpc) is 3.37. The molecule has 7 heteroatoms. The predicted molar refractivity (Wildman–Crippen MR) is 104 cm³/mol. The van der Waals surface area contributed by atoms with Crippen LogP contribution in [0.4, 0.5) is 16.0 Å². The fraction of sp³-hybridized carbons (Fsp3) is 0.286. The van der Waals surface area contributed by atoms with Crippen molar-refractivity contribution in [1.82, 2.24) is 9.55 Å². The van der Waals surface area contributed by atoms with Gasteiger partial charge in [-0.2, -0.15) is 0 Å². The summed E-state index contributed by atoms with van der Waals surface area (Å²) < 4.78 is 15.9. The van der Waals surface area contributed by atoms with Gasteiger partial charge in [0.05, 0.1) is 23.1 Å². The summed E-state index contributed by atoms with van der Waals surface area (Å²) in [5, 5.41) is 2.60. The second kappa shape index (κ2) is 6.15. The highest BCUT2D eigenvalue weighted by Gasteiger charge is 2.47. The minimum atomic E-state index is -0.670. The van der Waals surface area contributed by atoms with Gasteiger partial charge in [0.15, 0.2) is 0 Å². The van der Waals surface area contributed by atoms with Gasteiger partial charge in [0.25, 0.3) is 5.91 Å². The minimum Gasteiger partial charge on any atom is -0.324 e. The van der Waals surface area contributed by atoms with Gasteiger partial charge in [0.1, 0.15) is 11.9 Å². The topological polar surface area (TPSA) is 67.2 Å². The molecule has 1 aromatic heterocycles. The highest BCUT2D eigenvalue weighted by atomic mass is 19.1. The fourth-order valence-electron chi connectivity index (χ4n) is 3.83. The number of carbonyl (C=O) groups is 2. The molecule has 1 atom stereocenters. The van der Waals surface area contributed by atoms with Crippen molar-refractivity contribution < 1.29 is 14.0 Å². The number of amides is 2. The van der Waals surface area contributed by atoms with Gasteiger partial charge in [-0.15, -0.1) is 0 Å². The van der Waals surface area contributed by atoms with E-state index >= 15 is 0 Å². The molecule has 1 aliphatic heterocycles. The molecule has 2 aliphatic rings. The van der Waals surface area contributed by atoms with Crippen molar-refractivity contribution in [2.45, 2.75) is 38.3 Å². The molecule has 2 aromatic carbocycles. The number of halogens is 1. The molecule has 1 N–H and O–H groups in total. The molecule has 6 nitrogen and oxygen atoms in total. The molecule has 0 bridgehead atoms. The maximum Gasteiger partial charge on any atom is 0.253 e. The Morgan fingerprint density at radius 2 is 2.04 bits per heavy atom.